The SMILES string of the molecule is N#Cc1cccc(OCCC2CCCCN2)c1[N+](=O)[O-]. The van der Waals surface area contributed by atoms with Crippen LogP contribution < -0.4 is 10.1 Å². The van der Waals surface area contributed by atoms with Gasteiger partial charge < -0.3 is 10.1 Å². The quantitative estimate of drug-likeness (QED) is 0.658. The highest BCUT2D eigenvalue weighted by molar-refractivity contribution is 5.57. The Hall–Kier alpha value is -2.13. The molecule has 20 heavy (non-hydrogen) atoms. The predicted octanol–water partition coefficient (Wildman–Crippen LogP) is 2.38. The van der Waals surface area contributed by atoms with Crippen molar-refractivity contribution in [1.29, 1.82) is 5.26 Å². The Morgan fingerprint density at radius 2 is 2.35 bits per heavy atom. The number of ether oxygens (including phenoxy) is 1. The molecule has 0 amide bonds. The highest BCUT2D eigenvalue weighted by Gasteiger charge is 2.21. The molecule has 0 bridgehead atoms. The van der Waals surface area contributed by atoms with Crippen LogP contribution in [0.2, 0.25) is 0 Å². The van der Waals surface area contributed by atoms with Gasteiger partial charge in [0.25, 0.3) is 0 Å². The largest absolute Gasteiger partial charge is 0.487 e. The average Bonchev–Trinajstić information content (AvgIpc) is 2.47. The van der Waals surface area contributed by atoms with Gasteiger partial charge >= 0.3 is 5.69 Å². The molecule has 1 unspecified atom stereocenters. The van der Waals surface area contributed by atoms with Gasteiger partial charge in [0.05, 0.1) is 11.5 Å². The Morgan fingerprint density at radius 3 is 3.00 bits per heavy atom. The molecule has 0 aliphatic carbocycles. The normalized spacial score (nSPS) is 18.2. The van der Waals surface area contributed by atoms with Crippen molar-refractivity contribution >= 4 is 5.69 Å². The van der Waals surface area contributed by atoms with E-state index in [0.29, 0.717) is 12.6 Å². The second kappa shape index (κ2) is 6.87. The average molecular weight is 275 g/mol. The maximum Gasteiger partial charge on any atom is 0.328 e. The van der Waals surface area contributed by atoms with Gasteiger partial charge in [0.2, 0.25) is 0 Å². The summed E-state index contributed by atoms with van der Waals surface area (Å²) in [4.78, 5) is 10.5. The van der Waals surface area contributed by atoms with E-state index in [9.17, 15) is 10.1 Å². The van der Waals surface area contributed by atoms with Crippen LogP contribution in [0, 0.1) is 21.4 Å². The summed E-state index contributed by atoms with van der Waals surface area (Å²) in [6, 6.07) is 6.80. The van der Waals surface area contributed by atoms with Gasteiger partial charge in [0.1, 0.15) is 11.6 Å². The highest BCUT2D eigenvalue weighted by atomic mass is 16.6. The van der Waals surface area contributed by atoms with Gasteiger partial charge in [-0.3, -0.25) is 10.1 Å². The molecule has 1 aliphatic heterocycles. The van der Waals surface area contributed by atoms with Crippen LogP contribution in [0.4, 0.5) is 5.69 Å². The second-order valence-corrected chi connectivity index (χ2v) is 4.81. The van der Waals surface area contributed by atoms with Gasteiger partial charge in [-0.15, -0.1) is 0 Å². The van der Waals surface area contributed by atoms with Gasteiger partial charge in [-0.2, -0.15) is 5.26 Å². The number of nitro benzene ring substituents is 1. The minimum absolute atomic E-state index is 0.0308. The van der Waals surface area contributed by atoms with Crippen LogP contribution in [0.15, 0.2) is 18.2 Å². The molecule has 1 atom stereocenters. The molecule has 1 fully saturated rings. The van der Waals surface area contributed by atoms with Gasteiger partial charge in [0.15, 0.2) is 5.75 Å². The Labute approximate surface area is 117 Å². The smallest absolute Gasteiger partial charge is 0.328 e. The van der Waals surface area contributed by atoms with Crippen LogP contribution in [0.3, 0.4) is 0 Å². The van der Waals surface area contributed by atoms with Crippen LogP contribution >= 0.6 is 0 Å². The molecule has 1 heterocycles. The summed E-state index contributed by atoms with van der Waals surface area (Å²) in [6.45, 7) is 1.43. The molecule has 6 nitrogen and oxygen atoms in total. The molecule has 6 heteroatoms. The molecule has 0 saturated carbocycles. The molecular weight excluding hydrogens is 258 g/mol. The number of nitrogens with one attached hydrogen (secondary N) is 1. The second-order valence-electron chi connectivity index (χ2n) is 4.81. The summed E-state index contributed by atoms with van der Waals surface area (Å²) in [7, 11) is 0. The lowest BCUT2D eigenvalue weighted by molar-refractivity contribution is -0.386. The van der Waals surface area contributed by atoms with Crippen LogP contribution in [-0.4, -0.2) is 24.1 Å². The number of piperidine rings is 1. The zero-order chi connectivity index (χ0) is 14.4. The molecule has 1 aliphatic rings. The number of nitro groups is 1. The predicted molar refractivity (Wildman–Crippen MR) is 73.6 cm³/mol. The van der Waals surface area contributed by atoms with Gasteiger partial charge in [-0.25, -0.2) is 0 Å². The zero-order valence-electron chi connectivity index (χ0n) is 11.2. The molecular formula is C14H17N3O3. The number of rotatable bonds is 5. The van der Waals surface area contributed by atoms with E-state index in [-0.39, 0.29) is 17.0 Å². The summed E-state index contributed by atoms with van der Waals surface area (Å²) < 4.78 is 5.51. The van der Waals surface area contributed by atoms with E-state index in [0.717, 1.165) is 19.4 Å². The molecule has 106 valence electrons. The van der Waals surface area contributed by atoms with Crippen molar-refractivity contribution in [2.24, 2.45) is 0 Å². The summed E-state index contributed by atoms with van der Waals surface area (Å²) in [5.41, 5.74) is -0.213. The molecule has 1 aromatic carbocycles. The van der Waals surface area contributed by atoms with Crippen molar-refractivity contribution in [2.45, 2.75) is 31.7 Å². The minimum Gasteiger partial charge on any atom is -0.487 e. The van der Waals surface area contributed by atoms with Crippen LogP contribution in [0.1, 0.15) is 31.2 Å². The Balaban J connectivity index is 1.98. The summed E-state index contributed by atoms with van der Waals surface area (Å²) in [5.74, 6) is 0.171. The van der Waals surface area contributed by atoms with E-state index in [1.165, 1.54) is 25.0 Å². The highest BCUT2D eigenvalue weighted by Crippen LogP contribution is 2.30. The van der Waals surface area contributed by atoms with Crippen molar-refractivity contribution in [3.05, 3.63) is 33.9 Å². The lowest BCUT2D eigenvalue weighted by Gasteiger charge is -2.23. The van der Waals surface area contributed by atoms with Crippen molar-refractivity contribution in [3.8, 4) is 11.8 Å². The number of nitriles is 1. The first-order valence-electron chi connectivity index (χ1n) is 6.76. The van der Waals surface area contributed by atoms with Crippen molar-refractivity contribution in [2.75, 3.05) is 13.2 Å². The van der Waals surface area contributed by atoms with E-state index >= 15 is 0 Å². The third-order valence-electron chi connectivity index (χ3n) is 3.44. The first kappa shape index (κ1) is 14.3. The fraction of sp³-hybridized carbons (Fsp3) is 0.500. The maximum atomic E-state index is 11.0. The number of hydrogen-bond acceptors (Lipinski definition) is 5. The topological polar surface area (TPSA) is 88.2 Å². The van der Waals surface area contributed by atoms with Gasteiger partial charge in [0, 0.05) is 6.04 Å². The van der Waals surface area contributed by atoms with Crippen LogP contribution in [0.5, 0.6) is 5.75 Å². The first-order chi connectivity index (χ1) is 9.72. The van der Waals surface area contributed by atoms with E-state index in [4.69, 9.17) is 10.00 Å². The summed E-state index contributed by atoms with van der Waals surface area (Å²) in [5, 5.41) is 23.3. The molecule has 0 radical (unpaired) electrons. The minimum atomic E-state index is -0.563. The van der Waals surface area contributed by atoms with E-state index in [2.05, 4.69) is 5.32 Å². The van der Waals surface area contributed by atoms with Gasteiger partial charge in [-0.05, 0) is 37.9 Å². The lowest BCUT2D eigenvalue weighted by Crippen LogP contribution is -2.35. The maximum absolute atomic E-state index is 11.0. The summed E-state index contributed by atoms with van der Waals surface area (Å²) in [6.07, 6.45) is 4.34. The molecule has 0 aromatic heterocycles. The number of nitrogens with zero attached hydrogens (tertiary/aromatic N) is 2. The molecule has 1 N–H and O–H groups in total. The Bertz CT molecular complexity index is 519. The van der Waals surface area contributed by atoms with Crippen molar-refractivity contribution < 1.29 is 9.66 Å². The third kappa shape index (κ3) is 3.45. The van der Waals surface area contributed by atoms with E-state index in [1.807, 2.05) is 6.07 Å². The lowest BCUT2D eigenvalue weighted by atomic mass is 10.0. The number of hydrogen-bond donors (Lipinski definition) is 1. The Morgan fingerprint density at radius 1 is 1.50 bits per heavy atom. The van der Waals surface area contributed by atoms with Crippen molar-refractivity contribution in [1.82, 2.24) is 5.32 Å². The molecule has 2 rings (SSSR count). The number of benzene rings is 1. The first-order valence-corrected chi connectivity index (χ1v) is 6.76. The van der Waals surface area contributed by atoms with E-state index in [1.54, 1.807) is 6.07 Å². The van der Waals surface area contributed by atoms with Gasteiger partial charge in [-0.1, -0.05) is 12.5 Å². The fourth-order valence-corrected chi connectivity index (χ4v) is 2.40. The zero-order valence-corrected chi connectivity index (χ0v) is 11.2. The van der Waals surface area contributed by atoms with Crippen LogP contribution in [0.25, 0.3) is 0 Å². The van der Waals surface area contributed by atoms with E-state index < -0.39 is 4.92 Å². The Kier molecular flexibility index (Phi) is 4.91. The monoisotopic (exact) mass is 275 g/mol. The fourth-order valence-electron chi connectivity index (χ4n) is 2.40. The molecule has 0 spiro atoms. The molecule has 1 aromatic rings. The summed E-state index contributed by atoms with van der Waals surface area (Å²) >= 11 is 0. The number of para-hydroxylation sites is 1. The van der Waals surface area contributed by atoms with Crippen LogP contribution in [-0.2, 0) is 0 Å². The third-order valence-corrected chi connectivity index (χ3v) is 3.44. The standard InChI is InChI=1S/C14H17N3O3/c15-10-11-4-3-6-13(14(11)17(18)19)20-9-7-12-5-1-2-8-16-12/h3-4,6,12,16H,1-2,5,7-9H2. The van der Waals surface area contributed by atoms with Crippen molar-refractivity contribution in [3.63, 3.8) is 0 Å². The molecule has 1 saturated heterocycles.